The summed E-state index contributed by atoms with van der Waals surface area (Å²) in [5, 5.41) is 0. The molecule has 1 heterocycles. The maximum atomic E-state index is 5.88. The third kappa shape index (κ3) is 4.32. The van der Waals surface area contributed by atoms with Gasteiger partial charge in [0.05, 0.1) is 24.8 Å². The molecule has 148 valence electrons. The molecule has 0 bridgehead atoms. The van der Waals surface area contributed by atoms with Crippen molar-refractivity contribution in [1.82, 2.24) is 9.55 Å². The predicted octanol–water partition coefficient (Wildman–Crippen LogP) is 5.95. The molecule has 0 N–H and O–H groups in total. The van der Waals surface area contributed by atoms with Crippen LogP contribution in [0.25, 0.3) is 11.0 Å². The molecule has 1 fully saturated rings. The van der Waals surface area contributed by atoms with Gasteiger partial charge in [0.1, 0.15) is 17.3 Å². The first kappa shape index (κ1) is 18.9. The highest BCUT2D eigenvalue weighted by molar-refractivity contribution is 5.76. The number of ether oxygens (including phenoxy) is 2. The molecule has 3 aromatic rings. The second-order valence-electron chi connectivity index (χ2n) is 7.68. The summed E-state index contributed by atoms with van der Waals surface area (Å²) < 4.78 is 13.5. The number of methoxy groups -OCH3 is 1. The molecule has 28 heavy (non-hydrogen) atoms. The van der Waals surface area contributed by atoms with Gasteiger partial charge < -0.3 is 14.0 Å². The lowest BCUT2D eigenvalue weighted by Gasteiger charge is -2.22. The maximum Gasteiger partial charge on any atom is 0.119 e. The molecule has 1 aromatic heterocycles. The molecule has 4 heteroatoms. The Hall–Kier alpha value is -2.49. The zero-order chi connectivity index (χ0) is 19.2. The van der Waals surface area contributed by atoms with Gasteiger partial charge in [0, 0.05) is 12.5 Å². The monoisotopic (exact) mass is 378 g/mol. The summed E-state index contributed by atoms with van der Waals surface area (Å²) in [6.45, 7) is 1.75. The molecule has 2 aromatic carbocycles. The Morgan fingerprint density at radius 2 is 1.68 bits per heavy atom. The van der Waals surface area contributed by atoms with Crippen LogP contribution in [0, 0.1) is 0 Å². The van der Waals surface area contributed by atoms with Crippen molar-refractivity contribution in [3.05, 3.63) is 54.4 Å². The average molecular weight is 379 g/mol. The number of nitrogens with zero attached hydrogens (tertiary/aromatic N) is 2. The number of fused-ring (bicyclic) bond motifs is 1. The number of aromatic nitrogens is 2. The Labute approximate surface area is 167 Å². The van der Waals surface area contributed by atoms with Gasteiger partial charge in [-0.05, 0) is 62.1 Å². The zero-order valence-corrected chi connectivity index (χ0v) is 16.8. The van der Waals surface area contributed by atoms with Crippen molar-refractivity contribution in [1.29, 1.82) is 0 Å². The van der Waals surface area contributed by atoms with E-state index in [9.17, 15) is 0 Å². The summed E-state index contributed by atoms with van der Waals surface area (Å²) in [6, 6.07) is 16.4. The third-order valence-electron chi connectivity index (χ3n) is 5.76. The molecule has 0 amide bonds. The molecular formula is C24H30N2O2. The molecule has 1 aliphatic rings. The largest absolute Gasteiger partial charge is 0.497 e. The minimum absolute atomic E-state index is 0.622. The van der Waals surface area contributed by atoms with Crippen LogP contribution in [-0.4, -0.2) is 23.3 Å². The lowest BCUT2D eigenvalue weighted by molar-refractivity contribution is 0.302. The first-order valence-corrected chi connectivity index (χ1v) is 10.6. The molecule has 0 saturated heterocycles. The van der Waals surface area contributed by atoms with Gasteiger partial charge >= 0.3 is 0 Å². The Bertz CT molecular complexity index is 879. The van der Waals surface area contributed by atoms with Crippen LogP contribution in [0.5, 0.6) is 11.5 Å². The summed E-state index contributed by atoms with van der Waals surface area (Å²) in [5.41, 5.74) is 2.41. The quantitative estimate of drug-likeness (QED) is 0.454. The van der Waals surface area contributed by atoms with E-state index in [0.717, 1.165) is 43.0 Å². The molecule has 1 saturated carbocycles. The number of rotatable bonds is 8. The molecule has 4 rings (SSSR count). The van der Waals surface area contributed by atoms with Crippen molar-refractivity contribution in [2.24, 2.45) is 0 Å². The molecule has 0 atom stereocenters. The molecule has 0 radical (unpaired) electrons. The highest BCUT2D eigenvalue weighted by Crippen LogP contribution is 2.34. The van der Waals surface area contributed by atoms with E-state index in [0.29, 0.717) is 5.92 Å². The standard InChI is InChI=1S/C24H30N2O2/c1-27-20-13-15-21(16-14-20)28-18-8-7-17-26-23-12-6-5-11-22(23)25-24(26)19-9-3-2-4-10-19/h5-6,11-16,19H,2-4,7-10,17-18H2,1H3. The number of hydrogen-bond donors (Lipinski definition) is 0. The van der Waals surface area contributed by atoms with E-state index in [4.69, 9.17) is 14.5 Å². The molecule has 0 aliphatic heterocycles. The van der Waals surface area contributed by atoms with Crippen LogP contribution >= 0.6 is 0 Å². The molecule has 0 unspecified atom stereocenters. The van der Waals surface area contributed by atoms with Gasteiger partial charge in [0.2, 0.25) is 0 Å². The topological polar surface area (TPSA) is 36.3 Å². The third-order valence-corrected chi connectivity index (χ3v) is 5.76. The van der Waals surface area contributed by atoms with E-state index in [2.05, 4.69) is 28.8 Å². The second kappa shape index (κ2) is 9.13. The Kier molecular flexibility index (Phi) is 6.15. The Balaban J connectivity index is 1.36. The lowest BCUT2D eigenvalue weighted by atomic mass is 9.88. The second-order valence-corrected chi connectivity index (χ2v) is 7.68. The minimum Gasteiger partial charge on any atom is -0.497 e. The molecular weight excluding hydrogens is 348 g/mol. The number of para-hydroxylation sites is 2. The Morgan fingerprint density at radius 3 is 2.46 bits per heavy atom. The van der Waals surface area contributed by atoms with E-state index in [-0.39, 0.29) is 0 Å². The van der Waals surface area contributed by atoms with Gasteiger partial charge in [-0.2, -0.15) is 0 Å². The van der Waals surface area contributed by atoms with Crippen LogP contribution in [0.4, 0.5) is 0 Å². The van der Waals surface area contributed by atoms with E-state index in [1.807, 2.05) is 24.3 Å². The summed E-state index contributed by atoms with van der Waals surface area (Å²) >= 11 is 0. The number of unbranched alkanes of at least 4 members (excludes halogenated alkanes) is 1. The molecule has 1 aliphatic carbocycles. The van der Waals surface area contributed by atoms with Gasteiger partial charge in [0.25, 0.3) is 0 Å². The SMILES string of the molecule is COc1ccc(OCCCCn2c(C3CCCCC3)nc3ccccc32)cc1. The Morgan fingerprint density at radius 1 is 0.929 bits per heavy atom. The van der Waals surface area contributed by atoms with E-state index >= 15 is 0 Å². The normalized spacial score (nSPS) is 15.0. The van der Waals surface area contributed by atoms with Crippen molar-refractivity contribution in [3.63, 3.8) is 0 Å². The number of imidazole rings is 1. The van der Waals surface area contributed by atoms with Crippen molar-refractivity contribution in [2.45, 2.75) is 57.4 Å². The molecule has 4 nitrogen and oxygen atoms in total. The van der Waals surface area contributed by atoms with Crippen LogP contribution in [0.1, 0.15) is 56.7 Å². The summed E-state index contributed by atoms with van der Waals surface area (Å²) in [5.74, 6) is 3.68. The fourth-order valence-corrected chi connectivity index (χ4v) is 4.24. The van der Waals surface area contributed by atoms with Gasteiger partial charge in [-0.1, -0.05) is 31.4 Å². The fourth-order valence-electron chi connectivity index (χ4n) is 4.24. The highest BCUT2D eigenvalue weighted by atomic mass is 16.5. The smallest absolute Gasteiger partial charge is 0.119 e. The fraction of sp³-hybridized carbons (Fsp3) is 0.458. The average Bonchev–Trinajstić information content (AvgIpc) is 3.13. The van der Waals surface area contributed by atoms with Gasteiger partial charge in [0.15, 0.2) is 0 Å². The summed E-state index contributed by atoms with van der Waals surface area (Å²) in [6.07, 6.45) is 8.74. The highest BCUT2D eigenvalue weighted by Gasteiger charge is 2.22. The maximum absolute atomic E-state index is 5.88. The minimum atomic E-state index is 0.622. The van der Waals surface area contributed by atoms with E-state index in [1.165, 1.54) is 43.4 Å². The van der Waals surface area contributed by atoms with Crippen molar-refractivity contribution in [2.75, 3.05) is 13.7 Å². The lowest BCUT2D eigenvalue weighted by Crippen LogP contribution is -2.13. The van der Waals surface area contributed by atoms with Crippen molar-refractivity contribution >= 4 is 11.0 Å². The first-order chi connectivity index (χ1) is 13.8. The number of benzene rings is 2. The summed E-state index contributed by atoms with van der Waals surface area (Å²) in [7, 11) is 1.68. The van der Waals surface area contributed by atoms with Crippen LogP contribution < -0.4 is 9.47 Å². The summed E-state index contributed by atoms with van der Waals surface area (Å²) in [4.78, 5) is 5.02. The van der Waals surface area contributed by atoms with E-state index in [1.54, 1.807) is 7.11 Å². The molecule has 0 spiro atoms. The van der Waals surface area contributed by atoms with Crippen molar-refractivity contribution < 1.29 is 9.47 Å². The first-order valence-electron chi connectivity index (χ1n) is 10.6. The van der Waals surface area contributed by atoms with Crippen molar-refractivity contribution in [3.8, 4) is 11.5 Å². The predicted molar refractivity (Wildman–Crippen MR) is 113 cm³/mol. The van der Waals surface area contributed by atoms with Gasteiger partial charge in [-0.25, -0.2) is 4.98 Å². The van der Waals surface area contributed by atoms with Gasteiger partial charge in [-0.3, -0.25) is 0 Å². The van der Waals surface area contributed by atoms with Crippen LogP contribution in [0.2, 0.25) is 0 Å². The number of hydrogen-bond acceptors (Lipinski definition) is 3. The van der Waals surface area contributed by atoms with Crippen LogP contribution in [-0.2, 0) is 6.54 Å². The van der Waals surface area contributed by atoms with Gasteiger partial charge in [-0.15, -0.1) is 0 Å². The van der Waals surface area contributed by atoms with Crippen LogP contribution in [0.3, 0.4) is 0 Å². The van der Waals surface area contributed by atoms with E-state index < -0.39 is 0 Å². The van der Waals surface area contributed by atoms with Crippen LogP contribution in [0.15, 0.2) is 48.5 Å². The number of aryl methyl sites for hydroxylation is 1. The zero-order valence-electron chi connectivity index (χ0n) is 16.8.